The molecule has 2 saturated carbocycles. The Morgan fingerprint density at radius 3 is 2.58 bits per heavy atom. The van der Waals surface area contributed by atoms with Gasteiger partial charge in [0, 0.05) is 12.0 Å². The molecule has 0 bridgehead atoms. The lowest BCUT2D eigenvalue weighted by atomic mass is 10.1. The largest absolute Gasteiger partial charge is 0.416 e. The number of carbonyl (C=O) groups is 1. The number of alkyl halides is 3. The van der Waals surface area contributed by atoms with E-state index in [-0.39, 0.29) is 29.2 Å². The van der Waals surface area contributed by atoms with Crippen molar-refractivity contribution in [2.45, 2.75) is 43.8 Å². The fourth-order valence-corrected chi connectivity index (χ4v) is 2.66. The number of nitrogens with one attached hydrogen (secondary N) is 1. The standard InChI is InChI=1S/C16H15F3N4O/c17-16(18,19)10-2-1-3-12(8-10)23-14(9-4-5-9)13(21-22-23)15(24)20-11-6-7-11/h1-3,8-9,11H,4-7H2,(H,20,24). The first kappa shape index (κ1) is 15.2. The van der Waals surface area contributed by atoms with E-state index in [0.717, 1.165) is 37.8 Å². The summed E-state index contributed by atoms with van der Waals surface area (Å²) in [7, 11) is 0. The van der Waals surface area contributed by atoms with Crippen molar-refractivity contribution in [1.82, 2.24) is 20.3 Å². The molecule has 1 heterocycles. The molecule has 126 valence electrons. The van der Waals surface area contributed by atoms with E-state index >= 15 is 0 Å². The Hall–Kier alpha value is -2.38. The van der Waals surface area contributed by atoms with Crippen LogP contribution in [0, 0.1) is 0 Å². The zero-order chi connectivity index (χ0) is 16.9. The van der Waals surface area contributed by atoms with Crippen molar-refractivity contribution < 1.29 is 18.0 Å². The van der Waals surface area contributed by atoms with Gasteiger partial charge in [0.25, 0.3) is 5.91 Å². The first-order valence-electron chi connectivity index (χ1n) is 7.87. The van der Waals surface area contributed by atoms with Gasteiger partial charge in [-0.1, -0.05) is 11.3 Å². The minimum Gasteiger partial charge on any atom is -0.348 e. The number of halogens is 3. The molecule has 0 spiro atoms. The number of hydrogen-bond donors (Lipinski definition) is 1. The van der Waals surface area contributed by atoms with Crippen LogP contribution in [0.3, 0.4) is 0 Å². The zero-order valence-corrected chi connectivity index (χ0v) is 12.7. The highest BCUT2D eigenvalue weighted by Crippen LogP contribution is 2.42. The molecule has 5 nitrogen and oxygen atoms in total. The Balaban J connectivity index is 1.73. The molecule has 0 radical (unpaired) electrons. The Morgan fingerprint density at radius 2 is 1.96 bits per heavy atom. The number of rotatable bonds is 4. The van der Waals surface area contributed by atoms with Crippen molar-refractivity contribution in [1.29, 1.82) is 0 Å². The van der Waals surface area contributed by atoms with Crippen LogP contribution in [0.25, 0.3) is 5.69 Å². The molecular weight excluding hydrogens is 321 g/mol. The molecule has 1 N–H and O–H groups in total. The van der Waals surface area contributed by atoms with E-state index in [9.17, 15) is 18.0 Å². The number of hydrogen-bond acceptors (Lipinski definition) is 3. The first-order valence-corrected chi connectivity index (χ1v) is 7.87. The molecule has 0 atom stereocenters. The Morgan fingerprint density at radius 1 is 1.21 bits per heavy atom. The second-order valence-electron chi connectivity index (χ2n) is 6.31. The van der Waals surface area contributed by atoms with Crippen molar-refractivity contribution >= 4 is 5.91 Å². The lowest BCUT2D eigenvalue weighted by Gasteiger charge is -2.11. The van der Waals surface area contributed by atoms with Gasteiger partial charge in [0.05, 0.1) is 16.9 Å². The summed E-state index contributed by atoms with van der Waals surface area (Å²) in [4.78, 5) is 12.3. The fraction of sp³-hybridized carbons (Fsp3) is 0.438. The summed E-state index contributed by atoms with van der Waals surface area (Å²) >= 11 is 0. The molecule has 1 amide bonds. The van der Waals surface area contributed by atoms with Gasteiger partial charge in [-0.25, -0.2) is 4.68 Å². The van der Waals surface area contributed by atoms with Gasteiger partial charge in [0.15, 0.2) is 5.69 Å². The number of carbonyl (C=O) groups excluding carboxylic acids is 1. The van der Waals surface area contributed by atoms with Crippen LogP contribution in [0.2, 0.25) is 0 Å². The molecule has 8 heteroatoms. The fourth-order valence-electron chi connectivity index (χ4n) is 2.66. The molecule has 1 aromatic carbocycles. The minimum absolute atomic E-state index is 0.120. The molecular formula is C16H15F3N4O. The lowest BCUT2D eigenvalue weighted by molar-refractivity contribution is -0.137. The van der Waals surface area contributed by atoms with Crippen LogP contribution in [0.1, 0.15) is 53.3 Å². The predicted molar refractivity (Wildman–Crippen MR) is 78.8 cm³/mol. The summed E-state index contributed by atoms with van der Waals surface area (Å²) < 4.78 is 40.2. The van der Waals surface area contributed by atoms with Gasteiger partial charge in [0.2, 0.25) is 0 Å². The summed E-state index contributed by atoms with van der Waals surface area (Å²) in [6.07, 6.45) is -0.757. The highest BCUT2D eigenvalue weighted by atomic mass is 19.4. The van der Waals surface area contributed by atoms with Crippen molar-refractivity contribution in [3.05, 3.63) is 41.2 Å². The van der Waals surface area contributed by atoms with Crippen LogP contribution in [0.5, 0.6) is 0 Å². The second kappa shape index (κ2) is 5.32. The van der Waals surface area contributed by atoms with E-state index in [1.54, 1.807) is 6.07 Å². The van der Waals surface area contributed by atoms with Crippen molar-refractivity contribution in [3.8, 4) is 5.69 Å². The monoisotopic (exact) mass is 336 g/mol. The SMILES string of the molecule is O=C(NC1CC1)c1nnn(-c2cccc(C(F)(F)F)c2)c1C1CC1. The highest BCUT2D eigenvalue weighted by Gasteiger charge is 2.36. The minimum atomic E-state index is -4.43. The Bertz CT molecular complexity index is 791. The summed E-state index contributed by atoms with van der Waals surface area (Å²) in [5.74, 6) is -0.174. The lowest BCUT2D eigenvalue weighted by Crippen LogP contribution is -2.26. The molecule has 4 rings (SSSR count). The summed E-state index contributed by atoms with van der Waals surface area (Å²) in [5.41, 5.74) is 0.347. The van der Waals surface area contributed by atoms with E-state index in [0.29, 0.717) is 5.69 Å². The normalized spacial score (nSPS) is 17.8. The quantitative estimate of drug-likeness (QED) is 0.933. The maximum atomic E-state index is 12.9. The van der Waals surface area contributed by atoms with Crippen molar-refractivity contribution in [3.63, 3.8) is 0 Å². The third-order valence-electron chi connectivity index (χ3n) is 4.21. The van der Waals surface area contributed by atoms with Crippen molar-refractivity contribution in [2.75, 3.05) is 0 Å². The average molecular weight is 336 g/mol. The van der Waals surface area contributed by atoms with Crippen LogP contribution in [0.15, 0.2) is 24.3 Å². The summed E-state index contributed by atoms with van der Waals surface area (Å²) in [6, 6.07) is 5.10. The van der Waals surface area contributed by atoms with Crippen molar-refractivity contribution in [2.24, 2.45) is 0 Å². The third-order valence-corrected chi connectivity index (χ3v) is 4.21. The van der Waals surface area contributed by atoms with E-state index < -0.39 is 11.7 Å². The molecule has 0 aliphatic heterocycles. The molecule has 2 aliphatic rings. The maximum absolute atomic E-state index is 12.9. The van der Waals surface area contributed by atoms with Gasteiger partial charge < -0.3 is 5.32 Å². The molecule has 2 aromatic rings. The highest BCUT2D eigenvalue weighted by molar-refractivity contribution is 5.94. The van der Waals surface area contributed by atoms with E-state index in [1.807, 2.05) is 0 Å². The number of nitrogens with zero attached hydrogens (tertiary/aromatic N) is 3. The van der Waals surface area contributed by atoms with Crippen LogP contribution in [0.4, 0.5) is 13.2 Å². The molecule has 0 saturated heterocycles. The molecule has 0 unspecified atom stereocenters. The van der Waals surface area contributed by atoms with Gasteiger partial charge in [-0.2, -0.15) is 13.2 Å². The Kier molecular flexibility index (Phi) is 3.36. The summed E-state index contributed by atoms with van der Waals surface area (Å²) in [5, 5.41) is 10.8. The number of aromatic nitrogens is 3. The first-order chi connectivity index (χ1) is 11.4. The summed E-state index contributed by atoms with van der Waals surface area (Å²) in [6.45, 7) is 0. The van der Waals surface area contributed by atoms with E-state index in [2.05, 4.69) is 15.6 Å². The van der Waals surface area contributed by atoms with E-state index in [1.165, 1.54) is 10.7 Å². The average Bonchev–Trinajstić information content (AvgIpc) is 3.46. The number of amides is 1. The van der Waals surface area contributed by atoms with Crippen LogP contribution in [-0.2, 0) is 6.18 Å². The van der Waals surface area contributed by atoms with Gasteiger partial charge in [-0.3, -0.25) is 4.79 Å². The topological polar surface area (TPSA) is 59.8 Å². The van der Waals surface area contributed by atoms with Crippen LogP contribution >= 0.6 is 0 Å². The number of benzene rings is 1. The predicted octanol–water partition coefficient (Wildman–Crippen LogP) is 3.06. The molecule has 2 fully saturated rings. The van der Waals surface area contributed by atoms with Gasteiger partial charge >= 0.3 is 6.18 Å². The van der Waals surface area contributed by atoms with Gasteiger partial charge in [0.1, 0.15) is 0 Å². The van der Waals surface area contributed by atoms with Crippen LogP contribution in [-0.4, -0.2) is 26.9 Å². The Labute approximate surface area is 135 Å². The smallest absolute Gasteiger partial charge is 0.348 e. The molecule has 1 aromatic heterocycles. The third kappa shape index (κ3) is 2.88. The molecule has 24 heavy (non-hydrogen) atoms. The van der Waals surface area contributed by atoms with Gasteiger partial charge in [-0.15, -0.1) is 5.10 Å². The molecule has 2 aliphatic carbocycles. The van der Waals surface area contributed by atoms with E-state index in [4.69, 9.17) is 0 Å². The van der Waals surface area contributed by atoms with Gasteiger partial charge in [-0.05, 0) is 43.9 Å². The second-order valence-corrected chi connectivity index (χ2v) is 6.31. The van der Waals surface area contributed by atoms with Crippen LogP contribution < -0.4 is 5.32 Å². The maximum Gasteiger partial charge on any atom is 0.416 e. The zero-order valence-electron chi connectivity index (χ0n) is 12.7.